The molecule has 2 N–H and O–H groups in total. The second kappa shape index (κ2) is 5.32. The Labute approximate surface area is 121 Å². The average Bonchev–Trinajstić information content (AvgIpc) is 2.36. The normalized spacial score (nSPS) is 21.0. The lowest BCUT2D eigenvalue weighted by molar-refractivity contribution is -0.384. The standard InChI is InChI=1S/C12H15N3O5S/c1-8-7-21(19,20)6-5-14(8)12(16)9-3-2-4-10(13)11(9)15(17)18/h2-4,8H,5-7,13H2,1H3. The molecule has 9 heteroatoms. The Morgan fingerprint density at radius 1 is 1.48 bits per heavy atom. The lowest BCUT2D eigenvalue weighted by atomic mass is 10.1. The van der Waals surface area contributed by atoms with Gasteiger partial charge in [-0.25, -0.2) is 8.42 Å². The molecular weight excluding hydrogens is 298 g/mol. The van der Waals surface area contributed by atoms with E-state index in [0.717, 1.165) is 0 Å². The van der Waals surface area contributed by atoms with Gasteiger partial charge < -0.3 is 10.6 Å². The number of hydrogen-bond acceptors (Lipinski definition) is 6. The number of para-hydroxylation sites is 1. The van der Waals surface area contributed by atoms with Crippen molar-refractivity contribution in [2.24, 2.45) is 0 Å². The molecule has 0 saturated carbocycles. The van der Waals surface area contributed by atoms with Crippen LogP contribution in [0.1, 0.15) is 17.3 Å². The maximum absolute atomic E-state index is 12.5. The lowest BCUT2D eigenvalue weighted by Gasteiger charge is -2.33. The van der Waals surface area contributed by atoms with Crippen molar-refractivity contribution in [1.29, 1.82) is 0 Å². The van der Waals surface area contributed by atoms with Gasteiger partial charge in [-0.05, 0) is 19.1 Å². The van der Waals surface area contributed by atoms with Gasteiger partial charge in [-0.15, -0.1) is 0 Å². The van der Waals surface area contributed by atoms with E-state index in [-0.39, 0.29) is 29.3 Å². The SMILES string of the molecule is CC1CS(=O)(=O)CCN1C(=O)c1cccc(N)c1[N+](=O)[O-]. The van der Waals surface area contributed by atoms with Crippen molar-refractivity contribution in [1.82, 2.24) is 4.90 Å². The van der Waals surface area contributed by atoms with Crippen LogP contribution in [0.2, 0.25) is 0 Å². The van der Waals surface area contributed by atoms with Gasteiger partial charge in [-0.3, -0.25) is 14.9 Å². The second-order valence-electron chi connectivity index (χ2n) is 4.96. The van der Waals surface area contributed by atoms with Gasteiger partial charge in [0.25, 0.3) is 5.91 Å². The average molecular weight is 313 g/mol. The van der Waals surface area contributed by atoms with Crippen LogP contribution in [-0.2, 0) is 9.84 Å². The first-order chi connectivity index (χ1) is 9.73. The number of carbonyl (C=O) groups is 1. The van der Waals surface area contributed by atoms with Crippen molar-refractivity contribution < 1.29 is 18.1 Å². The number of anilines is 1. The monoisotopic (exact) mass is 313 g/mol. The number of nitrogens with zero attached hydrogens (tertiary/aromatic N) is 2. The van der Waals surface area contributed by atoms with Crippen LogP contribution in [0.15, 0.2) is 18.2 Å². The predicted molar refractivity (Wildman–Crippen MR) is 76.7 cm³/mol. The van der Waals surface area contributed by atoms with E-state index in [2.05, 4.69) is 0 Å². The number of nitrogens with two attached hydrogens (primary N) is 1. The summed E-state index contributed by atoms with van der Waals surface area (Å²) < 4.78 is 23.1. The number of nitro groups is 1. The van der Waals surface area contributed by atoms with Gasteiger partial charge >= 0.3 is 5.69 Å². The molecule has 1 aromatic carbocycles. The summed E-state index contributed by atoms with van der Waals surface area (Å²) in [6.07, 6.45) is 0. The van der Waals surface area contributed by atoms with E-state index < -0.39 is 32.4 Å². The van der Waals surface area contributed by atoms with Crippen molar-refractivity contribution in [3.63, 3.8) is 0 Å². The van der Waals surface area contributed by atoms with E-state index in [4.69, 9.17) is 5.73 Å². The smallest absolute Gasteiger partial charge is 0.304 e. The molecule has 1 aliphatic heterocycles. The topological polar surface area (TPSA) is 124 Å². The highest BCUT2D eigenvalue weighted by molar-refractivity contribution is 7.91. The largest absolute Gasteiger partial charge is 0.393 e. The number of nitrogen functional groups attached to an aromatic ring is 1. The van der Waals surface area contributed by atoms with Crippen LogP contribution >= 0.6 is 0 Å². The molecule has 1 fully saturated rings. The minimum atomic E-state index is -3.17. The molecule has 21 heavy (non-hydrogen) atoms. The molecular formula is C12H15N3O5S. The van der Waals surface area contributed by atoms with Gasteiger partial charge in [0.1, 0.15) is 11.3 Å². The molecule has 114 valence electrons. The van der Waals surface area contributed by atoms with Gasteiger partial charge in [0.15, 0.2) is 9.84 Å². The third-order valence-electron chi connectivity index (χ3n) is 3.41. The van der Waals surface area contributed by atoms with Crippen molar-refractivity contribution >= 4 is 27.1 Å². The Balaban J connectivity index is 2.38. The van der Waals surface area contributed by atoms with Crippen LogP contribution in [0.5, 0.6) is 0 Å². The third kappa shape index (κ3) is 2.97. The molecule has 1 heterocycles. The number of hydrogen-bond donors (Lipinski definition) is 1. The lowest BCUT2D eigenvalue weighted by Crippen LogP contribution is -2.49. The molecule has 2 rings (SSSR count). The van der Waals surface area contributed by atoms with E-state index in [9.17, 15) is 23.3 Å². The third-order valence-corrected chi connectivity index (χ3v) is 5.21. The first-order valence-electron chi connectivity index (χ1n) is 6.27. The highest BCUT2D eigenvalue weighted by Crippen LogP contribution is 2.28. The molecule has 1 aromatic rings. The van der Waals surface area contributed by atoms with Crippen LogP contribution in [0.3, 0.4) is 0 Å². The highest BCUT2D eigenvalue weighted by atomic mass is 32.2. The molecule has 0 aliphatic carbocycles. The summed E-state index contributed by atoms with van der Waals surface area (Å²) in [4.78, 5) is 24.2. The van der Waals surface area contributed by atoms with Crippen molar-refractivity contribution in [2.45, 2.75) is 13.0 Å². The minimum absolute atomic E-state index is 0.0221. The predicted octanol–water partition coefficient (Wildman–Crippen LogP) is 0.436. The Bertz CT molecular complexity index is 701. The quantitative estimate of drug-likeness (QED) is 0.480. The van der Waals surface area contributed by atoms with Crippen molar-refractivity contribution in [2.75, 3.05) is 23.8 Å². The highest BCUT2D eigenvalue weighted by Gasteiger charge is 2.34. The van der Waals surface area contributed by atoms with E-state index in [0.29, 0.717) is 0 Å². The summed E-state index contributed by atoms with van der Waals surface area (Å²) in [5, 5.41) is 11.1. The number of carbonyl (C=O) groups excluding carboxylic acids is 1. The molecule has 1 amide bonds. The van der Waals surface area contributed by atoms with Crippen LogP contribution in [0.4, 0.5) is 11.4 Å². The fourth-order valence-corrected chi connectivity index (χ4v) is 3.95. The molecule has 8 nitrogen and oxygen atoms in total. The van der Waals surface area contributed by atoms with Gasteiger partial charge in [-0.2, -0.15) is 0 Å². The molecule has 1 unspecified atom stereocenters. The fourth-order valence-electron chi connectivity index (χ4n) is 2.39. The molecule has 1 saturated heterocycles. The minimum Gasteiger partial charge on any atom is -0.393 e. The first-order valence-corrected chi connectivity index (χ1v) is 8.09. The Morgan fingerprint density at radius 2 is 2.14 bits per heavy atom. The summed E-state index contributed by atoms with van der Waals surface area (Å²) in [6.45, 7) is 1.63. The summed E-state index contributed by atoms with van der Waals surface area (Å²) >= 11 is 0. The zero-order valence-electron chi connectivity index (χ0n) is 11.4. The molecule has 0 bridgehead atoms. The maximum atomic E-state index is 12.5. The number of nitro benzene ring substituents is 1. The number of amides is 1. The zero-order valence-corrected chi connectivity index (χ0v) is 12.2. The van der Waals surface area contributed by atoms with Crippen LogP contribution in [-0.4, -0.2) is 48.2 Å². The Hall–Kier alpha value is -2.16. The number of benzene rings is 1. The molecule has 0 radical (unpaired) electrons. The molecule has 1 atom stereocenters. The van der Waals surface area contributed by atoms with Gasteiger partial charge in [0.05, 0.1) is 16.4 Å². The zero-order chi connectivity index (χ0) is 15.8. The summed E-state index contributed by atoms with van der Waals surface area (Å²) in [5.74, 6) is -0.856. The van der Waals surface area contributed by atoms with Crippen LogP contribution in [0, 0.1) is 10.1 Å². The number of rotatable bonds is 2. The molecule has 0 aromatic heterocycles. The van der Waals surface area contributed by atoms with E-state index in [1.54, 1.807) is 6.92 Å². The second-order valence-corrected chi connectivity index (χ2v) is 7.19. The fraction of sp³-hybridized carbons (Fsp3) is 0.417. The molecule has 1 aliphatic rings. The van der Waals surface area contributed by atoms with Gasteiger partial charge in [0, 0.05) is 12.6 Å². The van der Waals surface area contributed by atoms with Gasteiger partial charge in [0.2, 0.25) is 0 Å². The van der Waals surface area contributed by atoms with Crippen LogP contribution in [0.25, 0.3) is 0 Å². The number of sulfone groups is 1. The van der Waals surface area contributed by atoms with E-state index in [1.165, 1.54) is 23.1 Å². The summed E-state index contributed by atoms with van der Waals surface area (Å²) in [5.41, 5.74) is 4.90. The van der Waals surface area contributed by atoms with Crippen molar-refractivity contribution in [3.8, 4) is 0 Å². The Morgan fingerprint density at radius 3 is 2.71 bits per heavy atom. The van der Waals surface area contributed by atoms with E-state index in [1.807, 2.05) is 0 Å². The van der Waals surface area contributed by atoms with E-state index >= 15 is 0 Å². The Kier molecular flexibility index (Phi) is 3.86. The molecule has 0 spiro atoms. The van der Waals surface area contributed by atoms with Crippen LogP contribution < -0.4 is 5.73 Å². The maximum Gasteiger partial charge on any atom is 0.304 e. The summed E-state index contributed by atoms with van der Waals surface area (Å²) in [6, 6.07) is 3.60. The van der Waals surface area contributed by atoms with Gasteiger partial charge in [-0.1, -0.05) is 6.07 Å². The summed E-state index contributed by atoms with van der Waals surface area (Å²) in [7, 11) is -3.17. The van der Waals surface area contributed by atoms with Crippen molar-refractivity contribution in [3.05, 3.63) is 33.9 Å². The first kappa shape index (κ1) is 15.2.